The number of aliphatic hydroxyl groups is 1. The van der Waals surface area contributed by atoms with Crippen LogP contribution in [0.4, 0.5) is 0 Å². The Kier molecular flexibility index (Phi) is 10.9. The number of carboxylic acids is 1. The van der Waals surface area contributed by atoms with Gasteiger partial charge >= 0.3 is 5.97 Å². The number of aliphatic hydroxyl groups excluding tert-OH is 1. The molecule has 4 heteroatoms. The standard InChI is InChI=1S/C4H5ClO2.C4H6O/c5-3-1-2-4(6)7;1-3-4(2)5/h1,3H,2H2,(H,6,7);3,5H,1-2H2. The van der Waals surface area contributed by atoms with Crippen molar-refractivity contribution in [2.24, 2.45) is 0 Å². The SMILES string of the molecule is C=CC(=C)O.O=C(O)CC=CCl. The van der Waals surface area contributed by atoms with Crippen molar-refractivity contribution in [2.75, 3.05) is 0 Å². The third-order valence-electron chi connectivity index (χ3n) is 0.617. The van der Waals surface area contributed by atoms with E-state index in [0.29, 0.717) is 0 Å². The van der Waals surface area contributed by atoms with Crippen LogP contribution in [0.1, 0.15) is 6.42 Å². The van der Waals surface area contributed by atoms with Crippen LogP contribution in [0.25, 0.3) is 0 Å². The molecule has 0 aromatic heterocycles. The molecule has 0 radical (unpaired) electrons. The molecule has 0 rings (SSSR count). The van der Waals surface area contributed by atoms with Gasteiger partial charge in [0.25, 0.3) is 0 Å². The molecule has 0 bridgehead atoms. The smallest absolute Gasteiger partial charge is 0.307 e. The monoisotopic (exact) mass is 190 g/mol. The summed E-state index contributed by atoms with van der Waals surface area (Å²) in [5, 5.41) is 16.0. The normalized spacial score (nSPS) is 8.42. The average Bonchev–Trinajstić information content (AvgIpc) is 2.02. The summed E-state index contributed by atoms with van der Waals surface area (Å²) in [5.74, 6) is -0.845. The fraction of sp³-hybridized carbons (Fsp3) is 0.125. The van der Waals surface area contributed by atoms with Crippen molar-refractivity contribution in [1.82, 2.24) is 0 Å². The molecule has 3 nitrogen and oxygen atoms in total. The first-order valence-electron chi connectivity index (χ1n) is 3.02. The first kappa shape index (κ1) is 13.4. The van der Waals surface area contributed by atoms with E-state index in [1.165, 1.54) is 17.7 Å². The molecule has 0 aliphatic heterocycles. The Morgan fingerprint density at radius 1 is 1.50 bits per heavy atom. The van der Waals surface area contributed by atoms with Gasteiger partial charge in [0, 0.05) is 5.54 Å². The maximum atomic E-state index is 9.65. The summed E-state index contributed by atoms with van der Waals surface area (Å²) in [6.07, 6.45) is 2.65. The molecule has 0 aromatic carbocycles. The highest BCUT2D eigenvalue weighted by atomic mass is 35.5. The molecule has 2 N–H and O–H groups in total. The Morgan fingerprint density at radius 2 is 1.92 bits per heavy atom. The minimum absolute atomic E-state index is 0.00347. The molecule has 0 atom stereocenters. The van der Waals surface area contributed by atoms with Crippen LogP contribution in [0, 0.1) is 0 Å². The number of halogens is 1. The lowest BCUT2D eigenvalue weighted by Crippen LogP contribution is -1.88. The fourth-order valence-corrected chi connectivity index (χ4v) is 0.234. The third-order valence-corrected chi connectivity index (χ3v) is 0.795. The largest absolute Gasteiger partial charge is 0.509 e. The predicted octanol–water partition coefficient (Wildman–Crippen LogP) is 2.46. The molecule has 0 aliphatic rings. The van der Waals surface area contributed by atoms with Crippen LogP contribution < -0.4 is 0 Å². The summed E-state index contributed by atoms with van der Waals surface area (Å²) in [6, 6.07) is 0. The summed E-state index contributed by atoms with van der Waals surface area (Å²) in [7, 11) is 0. The zero-order valence-electron chi connectivity index (χ0n) is 6.53. The fourth-order valence-electron chi connectivity index (χ4n) is 0.145. The summed E-state index contributed by atoms with van der Waals surface area (Å²) < 4.78 is 0. The molecule has 68 valence electrons. The minimum Gasteiger partial charge on any atom is -0.509 e. The lowest BCUT2D eigenvalue weighted by atomic mass is 10.4. The maximum Gasteiger partial charge on any atom is 0.307 e. The Balaban J connectivity index is 0. The van der Waals surface area contributed by atoms with Gasteiger partial charge in [-0.2, -0.15) is 0 Å². The highest BCUT2D eigenvalue weighted by Gasteiger charge is 1.85. The number of allylic oxidation sites excluding steroid dienone is 1. The quantitative estimate of drug-likeness (QED) is 0.531. The van der Waals surface area contributed by atoms with Crippen LogP contribution in [0.3, 0.4) is 0 Å². The predicted molar refractivity (Wildman–Crippen MR) is 49.2 cm³/mol. The van der Waals surface area contributed by atoms with E-state index in [-0.39, 0.29) is 12.2 Å². The molecule has 0 amide bonds. The van der Waals surface area contributed by atoms with Gasteiger partial charge in [-0.05, 0) is 6.08 Å². The molecule has 0 aromatic rings. The van der Waals surface area contributed by atoms with Gasteiger partial charge in [0.05, 0.1) is 6.42 Å². The van der Waals surface area contributed by atoms with Crippen molar-refractivity contribution in [2.45, 2.75) is 6.42 Å². The highest BCUT2D eigenvalue weighted by Crippen LogP contribution is 1.83. The third kappa shape index (κ3) is 23.3. The van der Waals surface area contributed by atoms with Gasteiger partial charge in [0.15, 0.2) is 0 Å². The molecule has 0 saturated heterocycles. The number of carboxylic acid groups (broad SMARTS) is 1. The maximum absolute atomic E-state index is 9.65. The zero-order valence-corrected chi connectivity index (χ0v) is 7.29. The van der Waals surface area contributed by atoms with E-state index in [9.17, 15) is 4.79 Å². The number of carbonyl (C=O) groups is 1. The molecule has 0 heterocycles. The second-order valence-electron chi connectivity index (χ2n) is 1.66. The van der Waals surface area contributed by atoms with Crippen LogP contribution >= 0.6 is 11.6 Å². The van der Waals surface area contributed by atoms with E-state index in [0.717, 1.165) is 0 Å². The first-order valence-corrected chi connectivity index (χ1v) is 3.45. The van der Waals surface area contributed by atoms with Gasteiger partial charge in [0.2, 0.25) is 0 Å². The van der Waals surface area contributed by atoms with E-state index < -0.39 is 5.97 Å². The summed E-state index contributed by atoms with van der Waals surface area (Å²) >= 11 is 5.00. The van der Waals surface area contributed by atoms with Crippen molar-refractivity contribution >= 4 is 17.6 Å². The number of aliphatic carboxylic acids is 1. The van der Waals surface area contributed by atoms with Crippen LogP contribution in [0.5, 0.6) is 0 Å². The van der Waals surface area contributed by atoms with Crippen LogP contribution in [-0.2, 0) is 4.79 Å². The average molecular weight is 191 g/mol. The molecule has 0 spiro atoms. The molecule has 0 unspecified atom stereocenters. The molecular formula is C8H11ClO3. The molecule has 12 heavy (non-hydrogen) atoms. The van der Waals surface area contributed by atoms with E-state index in [2.05, 4.69) is 13.2 Å². The lowest BCUT2D eigenvalue weighted by molar-refractivity contribution is -0.135. The molecular weight excluding hydrogens is 180 g/mol. The summed E-state index contributed by atoms with van der Waals surface area (Å²) in [6.45, 7) is 6.32. The van der Waals surface area contributed by atoms with Crippen LogP contribution in [0.15, 0.2) is 36.6 Å². The second kappa shape index (κ2) is 9.78. The van der Waals surface area contributed by atoms with Gasteiger partial charge in [-0.15, -0.1) is 0 Å². The summed E-state index contributed by atoms with van der Waals surface area (Å²) in [4.78, 5) is 9.65. The van der Waals surface area contributed by atoms with Crippen LogP contribution in [0.2, 0.25) is 0 Å². The van der Waals surface area contributed by atoms with Crippen LogP contribution in [-0.4, -0.2) is 16.2 Å². The van der Waals surface area contributed by atoms with Gasteiger partial charge in [-0.1, -0.05) is 30.8 Å². The second-order valence-corrected chi connectivity index (χ2v) is 1.91. The van der Waals surface area contributed by atoms with Gasteiger partial charge in [-0.3, -0.25) is 4.79 Å². The van der Waals surface area contributed by atoms with Crippen molar-refractivity contribution in [3.8, 4) is 0 Å². The Labute approximate surface area is 76.3 Å². The van der Waals surface area contributed by atoms with Crippen molar-refractivity contribution in [3.63, 3.8) is 0 Å². The molecule has 0 saturated carbocycles. The van der Waals surface area contributed by atoms with Gasteiger partial charge < -0.3 is 10.2 Å². The van der Waals surface area contributed by atoms with E-state index in [1.807, 2.05) is 0 Å². The summed E-state index contributed by atoms with van der Waals surface area (Å²) in [5.41, 5.74) is 1.19. The van der Waals surface area contributed by atoms with Crippen molar-refractivity contribution in [1.29, 1.82) is 0 Å². The van der Waals surface area contributed by atoms with Gasteiger partial charge in [-0.25, -0.2) is 0 Å². The topological polar surface area (TPSA) is 57.5 Å². The lowest BCUT2D eigenvalue weighted by Gasteiger charge is -1.76. The first-order chi connectivity index (χ1) is 5.54. The highest BCUT2D eigenvalue weighted by molar-refractivity contribution is 6.25. The van der Waals surface area contributed by atoms with E-state index in [1.54, 1.807) is 0 Å². The molecule has 0 fully saturated rings. The Bertz CT molecular complexity index is 185. The van der Waals surface area contributed by atoms with E-state index >= 15 is 0 Å². The molecule has 0 aliphatic carbocycles. The van der Waals surface area contributed by atoms with Gasteiger partial charge in [0.1, 0.15) is 5.76 Å². The minimum atomic E-state index is -0.864. The van der Waals surface area contributed by atoms with Crippen molar-refractivity contribution < 1.29 is 15.0 Å². The number of rotatable bonds is 3. The number of hydrogen-bond donors (Lipinski definition) is 2. The van der Waals surface area contributed by atoms with Crippen molar-refractivity contribution in [3.05, 3.63) is 36.6 Å². The van der Waals surface area contributed by atoms with E-state index in [4.69, 9.17) is 21.8 Å². The zero-order chi connectivity index (χ0) is 9.98. The number of hydrogen-bond acceptors (Lipinski definition) is 2. The Hall–Kier alpha value is -1.22. The Morgan fingerprint density at radius 3 is 2.00 bits per heavy atom.